The standard InChI is InChI=1S/C16H17FN2O2/c1-10(12-5-3-4-6-13(12)17)19(2)15-8-7-11(16(20)21)9-14(15)18/h3-10H,18H2,1-2H3,(H,20,21). The van der Waals surface area contributed by atoms with E-state index < -0.39 is 5.97 Å². The van der Waals surface area contributed by atoms with Crippen LogP contribution in [0.3, 0.4) is 0 Å². The molecule has 5 heteroatoms. The fraction of sp³-hybridized carbons (Fsp3) is 0.188. The van der Waals surface area contributed by atoms with Gasteiger partial charge < -0.3 is 15.7 Å². The van der Waals surface area contributed by atoms with Crippen molar-refractivity contribution < 1.29 is 14.3 Å². The van der Waals surface area contributed by atoms with Crippen LogP contribution in [-0.2, 0) is 0 Å². The molecule has 0 bridgehead atoms. The number of hydrogen-bond acceptors (Lipinski definition) is 3. The second-order valence-electron chi connectivity index (χ2n) is 4.89. The Morgan fingerprint density at radius 3 is 2.52 bits per heavy atom. The first kappa shape index (κ1) is 14.8. The minimum absolute atomic E-state index is 0.128. The third-order valence-corrected chi connectivity index (χ3v) is 3.59. The Labute approximate surface area is 122 Å². The summed E-state index contributed by atoms with van der Waals surface area (Å²) in [5.74, 6) is -1.31. The highest BCUT2D eigenvalue weighted by Gasteiger charge is 2.18. The van der Waals surface area contributed by atoms with Crippen LogP contribution in [0.1, 0.15) is 28.9 Å². The number of carbonyl (C=O) groups is 1. The van der Waals surface area contributed by atoms with Crippen LogP contribution in [0.4, 0.5) is 15.8 Å². The second kappa shape index (κ2) is 5.83. The number of aromatic carboxylic acids is 1. The Morgan fingerprint density at radius 1 is 1.29 bits per heavy atom. The average Bonchev–Trinajstić information content (AvgIpc) is 2.46. The van der Waals surface area contributed by atoms with E-state index in [0.29, 0.717) is 16.9 Å². The maximum Gasteiger partial charge on any atom is 0.335 e. The number of nitrogens with zero attached hydrogens (tertiary/aromatic N) is 1. The maximum absolute atomic E-state index is 13.9. The summed E-state index contributed by atoms with van der Waals surface area (Å²) in [6, 6.07) is 10.8. The van der Waals surface area contributed by atoms with Gasteiger partial charge in [-0.3, -0.25) is 0 Å². The third-order valence-electron chi connectivity index (χ3n) is 3.59. The van der Waals surface area contributed by atoms with Crippen LogP contribution in [-0.4, -0.2) is 18.1 Å². The third kappa shape index (κ3) is 2.97. The van der Waals surface area contributed by atoms with Crippen molar-refractivity contribution in [3.05, 3.63) is 59.4 Å². The van der Waals surface area contributed by atoms with E-state index in [2.05, 4.69) is 0 Å². The van der Waals surface area contributed by atoms with Crippen LogP contribution in [0.25, 0.3) is 0 Å². The molecule has 2 aromatic carbocycles. The number of hydrogen-bond donors (Lipinski definition) is 2. The molecule has 21 heavy (non-hydrogen) atoms. The molecule has 0 aliphatic carbocycles. The zero-order chi connectivity index (χ0) is 15.6. The number of nitrogen functional groups attached to an aromatic ring is 1. The molecule has 0 aliphatic rings. The molecule has 0 heterocycles. The lowest BCUT2D eigenvalue weighted by molar-refractivity contribution is 0.0697. The second-order valence-corrected chi connectivity index (χ2v) is 4.89. The van der Waals surface area contributed by atoms with Crippen LogP contribution >= 0.6 is 0 Å². The lowest BCUT2D eigenvalue weighted by atomic mass is 10.0. The molecule has 1 unspecified atom stereocenters. The van der Waals surface area contributed by atoms with Gasteiger partial charge in [-0.15, -0.1) is 0 Å². The van der Waals surface area contributed by atoms with Crippen molar-refractivity contribution in [3.8, 4) is 0 Å². The fourth-order valence-corrected chi connectivity index (χ4v) is 2.24. The highest BCUT2D eigenvalue weighted by atomic mass is 19.1. The van der Waals surface area contributed by atoms with Crippen molar-refractivity contribution in [3.63, 3.8) is 0 Å². The number of nitrogens with two attached hydrogens (primary N) is 1. The average molecular weight is 288 g/mol. The summed E-state index contributed by atoms with van der Waals surface area (Å²) >= 11 is 0. The first-order valence-electron chi connectivity index (χ1n) is 6.52. The van der Waals surface area contributed by atoms with Gasteiger partial charge >= 0.3 is 5.97 Å². The van der Waals surface area contributed by atoms with Crippen molar-refractivity contribution in [2.45, 2.75) is 13.0 Å². The van der Waals surface area contributed by atoms with E-state index in [1.54, 1.807) is 31.3 Å². The van der Waals surface area contributed by atoms with Crippen LogP contribution < -0.4 is 10.6 Å². The molecule has 0 spiro atoms. The highest BCUT2D eigenvalue weighted by molar-refractivity contribution is 5.90. The van der Waals surface area contributed by atoms with E-state index in [1.807, 2.05) is 11.8 Å². The first-order valence-corrected chi connectivity index (χ1v) is 6.52. The van der Waals surface area contributed by atoms with Crippen molar-refractivity contribution in [2.24, 2.45) is 0 Å². The van der Waals surface area contributed by atoms with Gasteiger partial charge in [0.1, 0.15) is 5.82 Å². The Balaban J connectivity index is 2.34. The molecule has 0 aromatic heterocycles. The molecular formula is C16H17FN2O2. The molecule has 0 amide bonds. The van der Waals surface area contributed by atoms with E-state index in [-0.39, 0.29) is 17.4 Å². The van der Waals surface area contributed by atoms with Gasteiger partial charge in [-0.2, -0.15) is 0 Å². The van der Waals surface area contributed by atoms with E-state index in [9.17, 15) is 9.18 Å². The molecule has 2 rings (SSSR count). The van der Waals surface area contributed by atoms with E-state index in [1.165, 1.54) is 18.2 Å². The van der Waals surface area contributed by atoms with Crippen molar-refractivity contribution in [1.82, 2.24) is 0 Å². The molecule has 110 valence electrons. The highest BCUT2D eigenvalue weighted by Crippen LogP contribution is 2.31. The van der Waals surface area contributed by atoms with Crippen molar-refractivity contribution in [2.75, 3.05) is 17.7 Å². The predicted molar refractivity (Wildman–Crippen MR) is 81.0 cm³/mol. The maximum atomic E-state index is 13.9. The molecular weight excluding hydrogens is 271 g/mol. The lowest BCUT2D eigenvalue weighted by Gasteiger charge is -2.29. The Kier molecular flexibility index (Phi) is 4.12. The van der Waals surface area contributed by atoms with E-state index in [4.69, 9.17) is 10.8 Å². The first-order chi connectivity index (χ1) is 9.91. The zero-order valence-corrected chi connectivity index (χ0v) is 11.9. The summed E-state index contributed by atoms with van der Waals surface area (Å²) in [5, 5.41) is 8.94. The van der Waals surface area contributed by atoms with Gasteiger partial charge in [0.25, 0.3) is 0 Å². The Hall–Kier alpha value is -2.56. The summed E-state index contributed by atoms with van der Waals surface area (Å²) < 4.78 is 13.9. The summed E-state index contributed by atoms with van der Waals surface area (Å²) in [6.45, 7) is 1.86. The number of halogens is 1. The van der Waals surface area contributed by atoms with Crippen molar-refractivity contribution >= 4 is 17.3 Å². The van der Waals surface area contributed by atoms with Crippen LogP contribution in [0, 0.1) is 5.82 Å². The smallest absolute Gasteiger partial charge is 0.335 e. The summed E-state index contributed by atoms with van der Waals surface area (Å²) in [6.07, 6.45) is 0. The van der Waals surface area contributed by atoms with Gasteiger partial charge in [-0.05, 0) is 31.2 Å². The monoisotopic (exact) mass is 288 g/mol. The van der Waals surface area contributed by atoms with E-state index in [0.717, 1.165) is 0 Å². The molecule has 0 aliphatic heterocycles. The van der Waals surface area contributed by atoms with Gasteiger partial charge in [0, 0.05) is 12.6 Å². The molecule has 3 N–H and O–H groups in total. The minimum Gasteiger partial charge on any atom is -0.478 e. The Bertz CT molecular complexity index is 673. The SMILES string of the molecule is CC(c1ccccc1F)N(C)c1ccc(C(=O)O)cc1N. The number of rotatable bonds is 4. The molecule has 1 atom stereocenters. The largest absolute Gasteiger partial charge is 0.478 e. The molecule has 0 saturated carbocycles. The summed E-state index contributed by atoms with van der Waals surface area (Å²) in [5.41, 5.74) is 7.61. The number of carboxylic acids is 1. The van der Waals surface area contributed by atoms with Gasteiger partial charge in [0.05, 0.1) is 23.0 Å². The van der Waals surface area contributed by atoms with Crippen molar-refractivity contribution in [1.29, 1.82) is 0 Å². The quantitative estimate of drug-likeness (QED) is 0.847. The molecule has 0 fully saturated rings. The van der Waals surface area contributed by atoms with Crippen LogP contribution in [0.5, 0.6) is 0 Å². The zero-order valence-electron chi connectivity index (χ0n) is 11.9. The minimum atomic E-state index is -1.03. The van der Waals surface area contributed by atoms with Gasteiger partial charge in [0.2, 0.25) is 0 Å². The number of anilines is 2. The predicted octanol–water partition coefficient (Wildman–Crippen LogP) is 3.30. The molecule has 4 nitrogen and oxygen atoms in total. The van der Waals surface area contributed by atoms with Gasteiger partial charge in [-0.25, -0.2) is 9.18 Å². The lowest BCUT2D eigenvalue weighted by Crippen LogP contribution is -2.23. The molecule has 0 saturated heterocycles. The fourth-order valence-electron chi connectivity index (χ4n) is 2.24. The number of carboxylic acid groups (broad SMARTS) is 1. The van der Waals surface area contributed by atoms with Gasteiger partial charge in [0.15, 0.2) is 0 Å². The Morgan fingerprint density at radius 2 is 1.95 bits per heavy atom. The number of benzene rings is 2. The van der Waals surface area contributed by atoms with Gasteiger partial charge in [-0.1, -0.05) is 18.2 Å². The normalized spacial score (nSPS) is 12.0. The molecule has 0 radical (unpaired) electrons. The summed E-state index contributed by atoms with van der Waals surface area (Å²) in [4.78, 5) is 12.7. The van der Waals surface area contributed by atoms with E-state index >= 15 is 0 Å². The van der Waals surface area contributed by atoms with Crippen LogP contribution in [0.2, 0.25) is 0 Å². The topological polar surface area (TPSA) is 66.6 Å². The van der Waals surface area contributed by atoms with Crippen LogP contribution in [0.15, 0.2) is 42.5 Å². The summed E-state index contributed by atoms with van der Waals surface area (Å²) in [7, 11) is 1.79. The molecule has 2 aromatic rings.